The summed E-state index contributed by atoms with van der Waals surface area (Å²) in [6.07, 6.45) is -15.5. The molecule has 0 unspecified atom stereocenters. The number of carboxylic acid groups (broad SMARTS) is 1. The molecule has 0 radical (unpaired) electrons. The van der Waals surface area contributed by atoms with Crippen molar-refractivity contribution in [2.24, 2.45) is 11.5 Å². The summed E-state index contributed by atoms with van der Waals surface area (Å²) in [6.45, 7) is 6.52. The third-order valence-corrected chi connectivity index (χ3v) is 22.7. The summed E-state index contributed by atoms with van der Waals surface area (Å²) in [5.41, 5.74) is 8.94. The molecule has 2 saturated heterocycles. The van der Waals surface area contributed by atoms with Crippen LogP contribution >= 0.6 is 35.0 Å². The molecule has 11 bridgehead atoms. The second-order valence-electron chi connectivity index (χ2n) is 30.2. The van der Waals surface area contributed by atoms with Crippen LogP contribution in [0, 0.1) is 0 Å². The van der Waals surface area contributed by atoms with Crippen molar-refractivity contribution in [3.8, 4) is 62.9 Å². The Bertz CT molecular complexity index is 5160. The number of hydrogen-bond acceptors (Lipinski definition) is 28. The van der Waals surface area contributed by atoms with E-state index in [-0.39, 0.29) is 42.7 Å². The number of rotatable bonds is 24. The van der Waals surface area contributed by atoms with Crippen LogP contribution in [0.1, 0.15) is 109 Å². The minimum absolute atomic E-state index is 0.0571. The Morgan fingerprint density at radius 3 is 2.02 bits per heavy atom. The summed E-state index contributed by atoms with van der Waals surface area (Å²) in [5.74, 6) is -16.7. The number of fused-ring (bicyclic) bond motifs is 15. The maximum atomic E-state index is 16.4. The van der Waals surface area contributed by atoms with Crippen molar-refractivity contribution in [1.29, 1.82) is 0 Å². The minimum atomic E-state index is -2.41. The summed E-state index contributed by atoms with van der Waals surface area (Å²) in [5, 5.41) is 137. The van der Waals surface area contributed by atoms with Gasteiger partial charge >= 0.3 is 5.97 Å². The summed E-state index contributed by atoms with van der Waals surface area (Å²) >= 11 is 15.7. The molecule has 7 aromatic carbocycles. The van der Waals surface area contributed by atoms with E-state index in [0.29, 0.717) is 30.1 Å². The Morgan fingerprint density at radius 1 is 0.715 bits per heavy atom. The zero-order chi connectivity index (χ0) is 88.6. The Labute approximate surface area is 716 Å². The second-order valence-corrected chi connectivity index (χ2v) is 32.0. The largest absolute Gasteiger partial charge is 0.508 e. The molecule has 2 fully saturated rings. The lowest BCUT2D eigenvalue weighted by atomic mass is 9.84. The van der Waals surface area contributed by atoms with E-state index < -0.39 is 260 Å². The highest BCUT2D eigenvalue weighted by atomic mass is 35.5. The number of ether oxygens (including phenoxy) is 7. The van der Waals surface area contributed by atoms with Gasteiger partial charge < -0.3 is 138 Å². The van der Waals surface area contributed by atoms with E-state index in [4.69, 9.17) is 67.8 Å². The number of carbonyl (C=O) groups is 9. The monoisotopic (exact) mass is 1760 g/mol. The van der Waals surface area contributed by atoms with Crippen LogP contribution in [0.15, 0.2) is 146 Å². The van der Waals surface area contributed by atoms with E-state index in [9.17, 15) is 70.2 Å². The normalized spacial score (nSPS) is 26.3. The molecule has 7 aliphatic rings. The van der Waals surface area contributed by atoms with E-state index in [1.165, 1.54) is 23.9 Å². The first kappa shape index (κ1) is 90.8. The highest BCUT2D eigenvalue weighted by molar-refractivity contribution is 7.98. The smallest absolute Gasteiger partial charge is 0.326 e. The Kier molecular flexibility index (Phi) is 29.1. The van der Waals surface area contributed by atoms with Gasteiger partial charge in [0.15, 0.2) is 23.9 Å². The number of benzene rings is 7. The van der Waals surface area contributed by atoms with Crippen LogP contribution in [0.3, 0.4) is 0 Å². The lowest BCUT2D eigenvalue weighted by molar-refractivity contribution is -0.334. The number of thioether (sulfide) groups is 1. The van der Waals surface area contributed by atoms with Crippen LogP contribution in [0.5, 0.6) is 51.7 Å². The molecule has 8 amide bonds. The minimum Gasteiger partial charge on any atom is -0.508 e. The number of aliphatic carboxylic acids is 1. The molecule has 0 spiro atoms. The Balaban J connectivity index is 1.05. The molecule has 19 atom stereocenters. The number of phenols is 3. The zero-order valence-electron chi connectivity index (χ0n) is 66.1. The summed E-state index contributed by atoms with van der Waals surface area (Å²) in [7, 11) is 0. The molecule has 14 rings (SSSR count). The molecule has 123 heavy (non-hydrogen) atoms. The average molecular weight is 1760 g/mol. The number of aliphatic hydroxyl groups excluding tert-OH is 6. The Hall–Kier alpha value is -11.4. The van der Waals surface area contributed by atoms with Gasteiger partial charge in [0.1, 0.15) is 107 Å². The fraction of sp³-hybridized carbons (Fsp3) is 0.369. The van der Waals surface area contributed by atoms with Crippen molar-refractivity contribution < 1.29 is 127 Å². The Morgan fingerprint density at radius 2 is 1.37 bits per heavy atom. The van der Waals surface area contributed by atoms with Crippen LogP contribution in [-0.4, -0.2) is 214 Å². The van der Waals surface area contributed by atoms with Gasteiger partial charge in [-0.15, -0.1) is 6.58 Å². The molecular formula is C84H92Cl2N10O26S. The first-order chi connectivity index (χ1) is 58.6. The van der Waals surface area contributed by atoms with Crippen molar-refractivity contribution >= 4 is 88.2 Å². The van der Waals surface area contributed by atoms with Crippen LogP contribution in [0.25, 0.3) is 11.1 Å². The van der Waals surface area contributed by atoms with Gasteiger partial charge in [0.2, 0.25) is 59.3 Å². The third-order valence-electron chi connectivity index (χ3n) is 21.4. The van der Waals surface area contributed by atoms with Gasteiger partial charge in [0, 0.05) is 42.1 Å². The average Bonchev–Trinajstić information content (AvgIpc) is 0.764. The summed E-state index contributed by atoms with van der Waals surface area (Å²) in [4.78, 5) is 134. The van der Waals surface area contributed by atoms with E-state index in [1.54, 1.807) is 68.6 Å². The molecule has 7 aromatic rings. The van der Waals surface area contributed by atoms with Crippen LogP contribution in [0.2, 0.25) is 10.0 Å². The van der Waals surface area contributed by atoms with E-state index >= 15 is 24.0 Å². The molecule has 0 aromatic heterocycles. The van der Waals surface area contributed by atoms with E-state index in [1.807, 2.05) is 12.1 Å². The molecular weight excluding hydrogens is 1670 g/mol. The molecule has 7 heterocycles. The standard InChI is InChI=1S/C84H92Cl2N10O26S/c1-5-6-22-116-45-14-10-13-39(24-45)35-89-84(3)34-61(117-37(2)74(84)106)121-73-71(105)70(104)59(36-97)120-83(73)122-72-57-29-43-30-58(72)119-56-20-17-42(28-49(56)86)69(103)67-81(113)94-65(79(111)91-52(82(114)115)25-38-11-8-7-9-12-38)47-31-44(98)32-54(100)62(47)46-26-40(15-18-53(46)99)63(77(109)96-67)93-78(110)64(43)92-76(108)51(33-60(88)101)90-80(112)66(95-75(107)50(87)21-23-123-4)68(102)41-16-19-55(118-57)48(85)27-41/h5,7-20,24,26-32,37,50-52,59,61,63-71,73-74,83,89,97-100,102-106H,1,6,21-23,25,33-36,87H2,2-4H3,(H2,88,101)(H,90,112)(H,91,111)(H,92,108)(H,93,110)(H,94,113)(H,95,107)(H,96,109)(H,114,115)/t37-,50-,51-,52-,59+,61-,63+,64+,65-,66+,67-,68+,69+,70+,71-,73+,74+,83-,84-/m0/s1. The van der Waals surface area contributed by atoms with Gasteiger partial charge in [0.05, 0.1) is 47.9 Å². The highest BCUT2D eigenvalue weighted by Crippen LogP contribution is 2.50. The number of nitrogens with one attached hydrogen (secondary N) is 8. The van der Waals surface area contributed by atoms with Gasteiger partial charge in [0.25, 0.3) is 0 Å². The molecule has 0 aliphatic carbocycles. The number of carbonyl (C=O) groups excluding carboxylic acids is 8. The zero-order valence-corrected chi connectivity index (χ0v) is 68.4. The first-order valence-corrected chi connectivity index (χ1v) is 41.0. The maximum absolute atomic E-state index is 16.4. The fourth-order valence-corrected chi connectivity index (χ4v) is 15.8. The van der Waals surface area contributed by atoms with Crippen molar-refractivity contribution in [1.82, 2.24) is 42.5 Å². The van der Waals surface area contributed by atoms with Crippen LogP contribution < -0.4 is 72.9 Å². The van der Waals surface area contributed by atoms with Gasteiger partial charge in [-0.2, -0.15) is 11.8 Å². The van der Waals surface area contributed by atoms with Gasteiger partial charge in [-0.3, -0.25) is 38.4 Å². The fourth-order valence-electron chi connectivity index (χ4n) is 14.8. The lowest BCUT2D eigenvalue weighted by Gasteiger charge is -2.48. The molecule has 39 heteroatoms. The SMILES string of the molecule is C=CCCOc1cccc(CN[C@@]2(C)C[C@H](O[C@H]3[C@H](Oc4c5cc6cc4Oc4ccc(cc4Cl)[C@@H](O)[C@@H](NC(=O)[C@@H](N)CCSC)C(=O)N[C@@H](CC(N)=O)C(=O)N[C@H]6C(=O)N[C@H]4C(=O)N[C@H](C(=O)N[C@H](C(=O)N[C@@H](Cc6ccccc6)C(=O)O)c6cc(O)cc(O)c6-c6cc4ccc6O)[C@H](O)c4ccc(c(Cl)c4)O5)O[C@H](CO)[C@@H](O)[C@@H]3O)O[C@@H](C)[C@H]2O)c1. The molecule has 36 nitrogen and oxygen atoms in total. The number of carboxylic acids is 1. The second kappa shape index (κ2) is 39.4. The number of halogens is 2. The van der Waals surface area contributed by atoms with Gasteiger partial charge in [-0.25, -0.2) is 4.79 Å². The number of amides is 8. The van der Waals surface area contributed by atoms with Crippen molar-refractivity contribution in [2.75, 3.05) is 25.2 Å². The predicted octanol–water partition coefficient (Wildman–Crippen LogP) is 3.07. The number of aliphatic hydroxyl groups is 6. The van der Waals surface area contributed by atoms with Crippen molar-refractivity contribution in [3.63, 3.8) is 0 Å². The summed E-state index contributed by atoms with van der Waals surface area (Å²) < 4.78 is 45.4. The van der Waals surface area contributed by atoms with Crippen LogP contribution in [0.4, 0.5) is 0 Å². The molecule has 654 valence electrons. The number of nitrogens with two attached hydrogens (primary N) is 2. The number of hydrogen-bond donors (Lipinski definition) is 20. The first-order valence-electron chi connectivity index (χ1n) is 38.8. The third kappa shape index (κ3) is 20.9. The molecule has 22 N–H and O–H groups in total. The molecule has 0 saturated carbocycles. The van der Waals surface area contributed by atoms with E-state index in [0.717, 1.165) is 72.3 Å². The number of primary amides is 1. The summed E-state index contributed by atoms with van der Waals surface area (Å²) in [6, 6.07) is 12.1. The maximum Gasteiger partial charge on any atom is 0.326 e. The van der Waals surface area contributed by atoms with Gasteiger partial charge in [-0.1, -0.05) is 89.9 Å². The van der Waals surface area contributed by atoms with Crippen LogP contribution in [-0.2, 0) is 70.3 Å². The molecule has 7 aliphatic heterocycles. The number of aromatic hydroxyl groups is 3. The van der Waals surface area contributed by atoms with Crippen molar-refractivity contribution in [3.05, 3.63) is 195 Å². The van der Waals surface area contributed by atoms with Crippen molar-refractivity contribution in [2.45, 2.75) is 168 Å². The lowest BCUT2D eigenvalue weighted by Crippen LogP contribution is -2.65. The van der Waals surface area contributed by atoms with E-state index in [2.05, 4.69) is 49.1 Å². The predicted molar refractivity (Wildman–Crippen MR) is 439 cm³/mol. The quantitative estimate of drug-likeness (QED) is 0.0305. The topological polar surface area (TPSA) is 569 Å². The highest BCUT2D eigenvalue weighted by Gasteiger charge is 2.52. The van der Waals surface area contributed by atoms with Gasteiger partial charge in [-0.05, 0) is 144 Å². The number of phenolic OH excluding ortho intramolecular Hbond substituents is 3.